The Hall–Kier alpha value is -2.08. The zero-order valence-corrected chi connectivity index (χ0v) is 10.7. The summed E-state index contributed by atoms with van der Waals surface area (Å²) in [4.78, 5) is 4.24. The van der Waals surface area contributed by atoms with Crippen molar-refractivity contribution in [3.8, 4) is 5.75 Å². The van der Waals surface area contributed by atoms with E-state index in [0.29, 0.717) is 5.82 Å². The van der Waals surface area contributed by atoms with Crippen LogP contribution >= 0.6 is 0 Å². The Labute approximate surface area is 111 Å². The van der Waals surface area contributed by atoms with E-state index in [1.54, 1.807) is 7.11 Å². The molecule has 1 aliphatic heterocycles. The Morgan fingerprint density at radius 1 is 1.42 bits per heavy atom. The minimum atomic E-state index is -0.142. The van der Waals surface area contributed by atoms with E-state index >= 15 is 0 Å². The number of nitrogens with zero attached hydrogens (tertiary/aromatic N) is 3. The largest absolute Gasteiger partial charge is 0.497 e. The van der Waals surface area contributed by atoms with Gasteiger partial charge in [-0.3, -0.25) is 0 Å². The molecule has 0 fully saturated rings. The second kappa shape index (κ2) is 4.89. The Balaban J connectivity index is 1.95. The van der Waals surface area contributed by atoms with E-state index < -0.39 is 0 Å². The van der Waals surface area contributed by atoms with Gasteiger partial charge < -0.3 is 15.2 Å². The molecule has 1 aliphatic rings. The fraction of sp³-hybridized carbons (Fsp3) is 0.385. The van der Waals surface area contributed by atoms with Crippen molar-refractivity contribution in [2.24, 2.45) is 0 Å². The van der Waals surface area contributed by atoms with Crippen LogP contribution in [-0.2, 0) is 6.61 Å². The number of hydrogen-bond acceptors (Lipinski definition) is 5. The summed E-state index contributed by atoms with van der Waals surface area (Å²) >= 11 is 0. The van der Waals surface area contributed by atoms with Crippen LogP contribution in [0.2, 0.25) is 0 Å². The Morgan fingerprint density at radius 3 is 2.89 bits per heavy atom. The van der Waals surface area contributed by atoms with Gasteiger partial charge in [0, 0.05) is 6.54 Å². The molecule has 0 spiro atoms. The van der Waals surface area contributed by atoms with E-state index in [1.807, 2.05) is 28.9 Å². The van der Waals surface area contributed by atoms with Crippen LogP contribution in [0.3, 0.4) is 0 Å². The molecule has 0 radical (unpaired) electrons. The van der Waals surface area contributed by atoms with Gasteiger partial charge in [-0.05, 0) is 24.1 Å². The maximum Gasteiger partial charge on any atom is 0.222 e. The second-order valence-corrected chi connectivity index (χ2v) is 4.46. The number of fused-ring (bicyclic) bond motifs is 1. The van der Waals surface area contributed by atoms with E-state index in [4.69, 9.17) is 9.84 Å². The molecule has 100 valence electrons. The maximum atomic E-state index is 9.13. The summed E-state index contributed by atoms with van der Waals surface area (Å²) in [5.41, 5.74) is 1.16. The molecule has 0 saturated carbocycles. The number of benzene rings is 1. The molecular weight excluding hydrogens is 244 g/mol. The standard InChI is InChI=1S/C13H16N4O2/c1-19-10-4-2-9(3-5-10)11-6-7-14-13-15-12(8-18)16-17(11)13/h2-5,11,18H,6-8H2,1H3,(H,14,15,16). The van der Waals surface area contributed by atoms with Gasteiger partial charge in [0.2, 0.25) is 5.95 Å². The summed E-state index contributed by atoms with van der Waals surface area (Å²) in [5, 5.41) is 16.7. The smallest absolute Gasteiger partial charge is 0.222 e. The molecule has 0 aliphatic carbocycles. The molecule has 0 amide bonds. The zero-order chi connectivity index (χ0) is 13.2. The lowest BCUT2D eigenvalue weighted by Gasteiger charge is -2.24. The van der Waals surface area contributed by atoms with Gasteiger partial charge in [0.25, 0.3) is 0 Å². The number of nitrogens with one attached hydrogen (secondary N) is 1. The van der Waals surface area contributed by atoms with Gasteiger partial charge in [0.1, 0.15) is 12.4 Å². The predicted molar refractivity (Wildman–Crippen MR) is 70.2 cm³/mol. The first-order chi connectivity index (χ1) is 9.31. The first-order valence-corrected chi connectivity index (χ1v) is 6.26. The number of ether oxygens (including phenoxy) is 1. The van der Waals surface area contributed by atoms with Crippen molar-refractivity contribution in [1.29, 1.82) is 0 Å². The fourth-order valence-corrected chi connectivity index (χ4v) is 2.35. The molecule has 1 aromatic heterocycles. The summed E-state index contributed by atoms with van der Waals surface area (Å²) in [6, 6.07) is 8.12. The number of anilines is 1. The van der Waals surface area contributed by atoms with Crippen LogP contribution in [0.4, 0.5) is 5.95 Å². The third kappa shape index (κ3) is 2.15. The van der Waals surface area contributed by atoms with Crippen molar-refractivity contribution >= 4 is 5.95 Å². The Kier molecular flexibility index (Phi) is 3.08. The van der Waals surface area contributed by atoms with E-state index in [0.717, 1.165) is 30.2 Å². The summed E-state index contributed by atoms with van der Waals surface area (Å²) in [5.74, 6) is 2.01. The molecule has 6 heteroatoms. The van der Waals surface area contributed by atoms with Crippen LogP contribution in [0.15, 0.2) is 24.3 Å². The number of rotatable bonds is 3. The molecule has 2 heterocycles. The van der Waals surface area contributed by atoms with Crippen molar-refractivity contribution < 1.29 is 9.84 Å². The molecule has 19 heavy (non-hydrogen) atoms. The average molecular weight is 260 g/mol. The topological polar surface area (TPSA) is 72.2 Å². The van der Waals surface area contributed by atoms with Crippen molar-refractivity contribution in [2.75, 3.05) is 19.0 Å². The lowest BCUT2D eigenvalue weighted by molar-refractivity contribution is 0.270. The van der Waals surface area contributed by atoms with Crippen LogP contribution in [0, 0.1) is 0 Å². The highest BCUT2D eigenvalue weighted by atomic mass is 16.5. The summed E-state index contributed by atoms with van der Waals surface area (Å²) in [6.07, 6.45) is 0.938. The maximum absolute atomic E-state index is 9.13. The highest BCUT2D eigenvalue weighted by Gasteiger charge is 2.24. The van der Waals surface area contributed by atoms with Crippen molar-refractivity contribution in [3.05, 3.63) is 35.7 Å². The molecule has 0 saturated heterocycles. The Morgan fingerprint density at radius 2 is 2.21 bits per heavy atom. The van der Waals surface area contributed by atoms with Crippen LogP contribution in [0.25, 0.3) is 0 Å². The van der Waals surface area contributed by atoms with Crippen LogP contribution < -0.4 is 10.1 Å². The number of methoxy groups -OCH3 is 1. The van der Waals surface area contributed by atoms with Gasteiger partial charge in [-0.25, -0.2) is 4.68 Å². The molecule has 0 bridgehead atoms. The van der Waals surface area contributed by atoms with Gasteiger partial charge in [-0.15, -0.1) is 0 Å². The molecule has 1 unspecified atom stereocenters. The minimum absolute atomic E-state index is 0.142. The molecule has 2 aromatic rings. The Bertz CT molecular complexity index is 565. The average Bonchev–Trinajstić information content (AvgIpc) is 2.90. The summed E-state index contributed by atoms with van der Waals surface area (Å²) in [7, 11) is 1.66. The first kappa shape index (κ1) is 12.0. The monoisotopic (exact) mass is 260 g/mol. The van der Waals surface area contributed by atoms with E-state index in [9.17, 15) is 0 Å². The number of aromatic nitrogens is 3. The van der Waals surface area contributed by atoms with Crippen molar-refractivity contribution in [1.82, 2.24) is 14.8 Å². The molecular formula is C13H16N4O2. The van der Waals surface area contributed by atoms with Gasteiger partial charge in [-0.1, -0.05) is 12.1 Å². The minimum Gasteiger partial charge on any atom is -0.497 e. The molecule has 1 atom stereocenters. The van der Waals surface area contributed by atoms with Gasteiger partial charge in [-0.2, -0.15) is 10.1 Å². The van der Waals surface area contributed by atoms with E-state index in [2.05, 4.69) is 15.4 Å². The SMILES string of the molecule is COc1ccc(C2CCNc3nc(CO)nn32)cc1. The lowest BCUT2D eigenvalue weighted by Crippen LogP contribution is -2.24. The summed E-state index contributed by atoms with van der Waals surface area (Å²) < 4.78 is 7.01. The van der Waals surface area contributed by atoms with Crippen LogP contribution in [0.5, 0.6) is 5.75 Å². The van der Waals surface area contributed by atoms with Gasteiger partial charge in [0.05, 0.1) is 13.2 Å². The second-order valence-electron chi connectivity index (χ2n) is 4.46. The highest BCUT2D eigenvalue weighted by Crippen LogP contribution is 2.29. The first-order valence-electron chi connectivity index (χ1n) is 6.26. The van der Waals surface area contributed by atoms with Gasteiger partial charge in [0.15, 0.2) is 5.82 Å². The number of aliphatic hydroxyl groups is 1. The van der Waals surface area contributed by atoms with Crippen LogP contribution in [-0.4, -0.2) is 33.5 Å². The fourth-order valence-electron chi connectivity index (χ4n) is 2.35. The number of hydrogen-bond donors (Lipinski definition) is 2. The van der Waals surface area contributed by atoms with E-state index in [-0.39, 0.29) is 12.6 Å². The normalized spacial score (nSPS) is 17.7. The van der Waals surface area contributed by atoms with Crippen molar-refractivity contribution in [3.63, 3.8) is 0 Å². The molecule has 1 aromatic carbocycles. The zero-order valence-electron chi connectivity index (χ0n) is 10.7. The predicted octanol–water partition coefficient (Wildman–Crippen LogP) is 1.18. The molecule has 2 N–H and O–H groups in total. The quantitative estimate of drug-likeness (QED) is 0.867. The third-order valence-electron chi connectivity index (χ3n) is 3.31. The van der Waals surface area contributed by atoms with Gasteiger partial charge >= 0.3 is 0 Å². The van der Waals surface area contributed by atoms with Crippen LogP contribution in [0.1, 0.15) is 23.9 Å². The third-order valence-corrected chi connectivity index (χ3v) is 3.31. The van der Waals surface area contributed by atoms with Crippen molar-refractivity contribution in [2.45, 2.75) is 19.1 Å². The van der Waals surface area contributed by atoms with E-state index in [1.165, 1.54) is 0 Å². The molecule has 3 rings (SSSR count). The summed E-state index contributed by atoms with van der Waals surface area (Å²) in [6.45, 7) is 0.706. The number of aliphatic hydroxyl groups excluding tert-OH is 1. The molecule has 6 nitrogen and oxygen atoms in total. The highest BCUT2D eigenvalue weighted by molar-refractivity contribution is 5.35. The lowest BCUT2D eigenvalue weighted by atomic mass is 10.0.